The first-order valence-corrected chi connectivity index (χ1v) is 10.8. The Morgan fingerprint density at radius 1 is 1.03 bits per heavy atom. The lowest BCUT2D eigenvalue weighted by Gasteiger charge is -2.25. The van der Waals surface area contributed by atoms with Crippen molar-refractivity contribution in [3.05, 3.63) is 101 Å². The summed E-state index contributed by atoms with van der Waals surface area (Å²) in [5.74, 6) is -0.780. The summed E-state index contributed by atoms with van der Waals surface area (Å²) < 4.78 is 5.74. The fraction of sp³-hybridized carbons (Fsp3) is 0.185. The summed E-state index contributed by atoms with van der Waals surface area (Å²) in [7, 11) is 0. The fourth-order valence-corrected chi connectivity index (χ4v) is 4.55. The number of nitrogens with zero attached hydrogens (tertiary/aromatic N) is 1. The minimum absolute atomic E-state index is 0.0357. The molecule has 2 heterocycles. The van der Waals surface area contributed by atoms with E-state index >= 15 is 0 Å². The van der Waals surface area contributed by atoms with Crippen LogP contribution in [0.4, 0.5) is 0 Å². The molecular weight excluding hydrogens is 418 g/mol. The summed E-state index contributed by atoms with van der Waals surface area (Å²) in [6.07, 6.45) is 0.756. The maximum absolute atomic E-state index is 13.2. The van der Waals surface area contributed by atoms with Gasteiger partial charge in [0.05, 0.1) is 11.6 Å². The third kappa shape index (κ3) is 3.74. The average Bonchev–Trinajstić information content (AvgIpc) is 3.31. The zero-order chi connectivity index (χ0) is 23.1. The first kappa shape index (κ1) is 20.8. The number of aromatic hydroxyl groups is 1. The fourth-order valence-electron chi connectivity index (χ4n) is 4.55. The van der Waals surface area contributed by atoms with Gasteiger partial charge in [-0.3, -0.25) is 9.59 Å². The molecule has 166 valence electrons. The molecule has 1 amide bonds. The molecule has 33 heavy (non-hydrogen) atoms. The van der Waals surface area contributed by atoms with Gasteiger partial charge < -0.3 is 19.8 Å². The van der Waals surface area contributed by atoms with E-state index in [9.17, 15) is 19.8 Å². The quantitative estimate of drug-likeness (QED) is 0.357. The predicted octanol–water partition coefficient (Wildman–Crippen LogP) is 4.34. The Morgan fingerprint density at radius 3 is 2.48 bits per heavy atom. The molecule has 2 N–H and O–H groups in total. The van der Waals surface area contributed by atoms with Gasteiger partial charge in [0.1, 0.15) is 23.4 Å². The van der Waals surface area contributed by atoms with Gasteiger partial charge in [-0.25, -0.2) is 0 Å². The second-order valence-electron chi connectivity index (χ2n) is 8.46. The molecule has 1 fully saturated rings. The Hall–Kier alpha value is -4.06. The molecular formula is C27H23NO5. The first-order chi connectivity index (χ1) is 15.9. The van der Waals surface area contributed by atoms with Crippen LogP contribution in [0.2, 0.25) is 0 Å². The van der Waals surface area contributed by atoms with Crippen LogP contribution in [0.15, 0.2) is 78.4 Å². The van der Waals surface area contributed by atoms with Crippen LogP contribution >= 0.6 is 0 Å². The van der Waals surface area contributed by atoms with Crippen molar-refractivity contribution in [3.63, 3.8) is 0 Å². The van der Waals surface area contributed by atoms with E-state index in [2.05, 4.69) is 0 Å². The monoisotopic (exact) mass is 441 g/mol. The number of phenols is 1. The highest BCUT2D eigenvalue weighted by molar-refractivity contribution is 6.46. The van der Waals surface area contributed by atoms with E-state index in [0.717, 1.165) is 16.9 Å². The first-order valence-electron chi connectivity index (χ1n) is 10.8. The number of hydrogen-bond acceptors (Lipinski definition) is 5. The highest BCUT2D eigenvalue weighted by atomic mass is 16.5. The van der Waals surface area contributed by atoms with Gasteiger partial charge in [-0.1, -0.05) is 42.5 Å². The number of carbonyl (C=O) groups is 2. The van der Waals surface area contributed by atoms with E-state index in [4.69, 9.17) is 4.74 Å². The number of ether oxygens (including phenoxy) is 1. The summed E-state index contributed by atoms with van der Waals surface area (Å²) in [5.41, 5.74) is 2.95. The van der Waals surface area contributed by atoms with E-state index in [1.54, 1.807) is 24.3 Å². The summed E-state index contributed by atoms with van der Waals surface area (Å²) >= 11 is 0. The number of fused-ring (bicyclic) bond motifs is 1. The van der Waals surface area contributed by atoms with Gasteiger partial charge in [0.25, 0.3) is 11.7 Å². The van der Waals surface area contributed by atoms with Crippen molar-refractivity contribution in [2.24, 2.45) is 0 Å². The van der Waals surface area contributed by atoms with Crippen molar-refractivity contribution < 1.29 is 24.5 Å². The van der Waals surface area contributed by atoms with Crippen molar-refractivity contribution in [2.75, 3.05) is 0 Å². The van der Waals surface area contributed by atoms with Crippen molar-refractivity contribution in [3.8, 4) is 11.5 Å². The van der Waals surface area contributed by atoms with E-state index in [0.29, 0.717) is 17.5 Å². The third-order valence-electron chi connectivity index (χ3n) is 6.11. The maximum Gasteiger partial charge on any atom is 0.295 e. The van der Waals surface area contributed by atoms with Crippen molar-refractivity contribution in [1.82, 2.24) is 4.90 Å². The van der Waals surface area contributed by atoms with E-state index in [-0.39, 0.29) is 29.7 Å². The maximum atomic E-state index is 13.2. The Morgan fingerprint density at radius 2 is 1.76 bits per heavy atom. The van der Waals surface area contributed by atoms with Crippen LogP contribution in [0.3, 0.4) is 0 Å². The molecule has 3 aromatic carbocycles. The molecule has 0 radical (unpaired) electrons. The van der Waals surface area contributed by atoms with Gasteiger partial charge in [-0.2, -0.15) is 0 Å². The largest absolute Gasteiger partial charge is 0.508 e. The molecule has 2 aliphatic rings. The second-order valence-corrected chi connectivity index (χ2v) is 8.46. The van der Waals surface area contributed by atoms with Crippen LogP contribution in [-0.2, 0) is 22.6 Å². The van der Waals surface area contributed by atoms with Gasteiger partial charge in [-0.05, 0) is 53.9 Å². The molecule has 6 nitrogen and oxygen atoms in total. The van der Waals surface area contributed by atoms with Gasteiger partial charge in [-0.15, -0.1) is 0 Å². The number of ketones is 1. The molecule has 6 heteroatoms. The van der Waals surface area contributed by atoms with Crippen molar-refractivity contribution in [1.29, 1.82) is 0 Å². The smallest absolute Gasteiger partial charge is 0.295 e. The third-order valence-corrected chi connectivity index (χ3v) is 6.11. The summed E-state index contributed by atoms with van der Waals surface area (Å²) in [6.45, 7) is 2.18. The highest BCUT2D eigenvalue weighted by Crippen LogP contribution is 2.41. The van der Waals surface area contributed by atoms with E-state index in [1.807, 2.05) is 43.3 Å². The SMILES string of the molecule is C[C@H]1Cc2cc(/C(O)=C3\C(=O)C(=O)N(Cc4ccccc4)[C@@H]3c3ccc(O)cc3)ccc2O1. The number of hydrogen-bond donors (Lipinski definition) is 2. The lowest BCUT2D eigenvalue weighted by atomic mass is 9.94. The number of amides is 1. The van der Waals surface area contributed by atoms with Crippen LogP contribution in [0.25, 0.3) is 5.76 Å². The molecule has 5 rings (SSSR count). The minimum atomic E-state index is -0.783. The molecule has 3 aromatic rings. The molecule has 0 unspecified atom stereocenters. The van der Waals surface area contributed by atoms with Gasteiger partial charge >= 0.3 is 0 Å². The van der Waals surface area contributed by atoms with E-state index in [1.165, 1.54) is 17.0 Å². The summed E-state index contributed by atoms with van der Waals surface area (Å²) in [4.78, 5) is 27.7. The van der Waals surface area contributed by atoms with Crippen LogP contribution in [0.5, 0.6) is 11.5 Å². The Bertz CT molecular complexity index is 1260. The number of aliphatic hydroxyl groups excluding tert-OH is 1. The topological polar surface area (TPSA) is 87.1 Å². The highest BCUT2D eigenvalue weighted by Gasteiger charge is 2.46. The molecule has 1 saturated heterocycles. The number of benzene rings is 3. The Balaban J connectivity index is 1.62. The standard InChI is InChI=1S/C27H23NO5/c1-16-13-20-14-19(9-12-22(20)33-16)25(30)23-24(18-7-10-21(29)11-8-18)28(27(32)26(23)31)15-17-5-3-2-4-6-17/h2-12,14,16,24,29-30H,13,15H2,1H3/b25-23+/t16-,24+/m0/s1. The van der Waals surface area contributed by atoms with Gasteiger partial charge in [0.15, 0.2) is 0 Å². The molecule has 0 aromatic heterocycles. The number of Topliss-reactive ketones (excluding diaryl/α,β-unsaturated/α-hetero) is 1. The van der Waals surface area contributed by atoms with Crippen molar-refractivity contribution in [2.45, 2.75) is 32.0 Å². The van der Waals surface area contributed by atoms with Crippen LogP contribution in [0, 0.1) is 0 Å². The number of likely N-dealkylation sites (tertiary alicyclic amines) is 1. The lowest BCUT2D eigenvalue weighted by molar-refractivity contribution is -0.140. The zero-order valence-corrected chi connectivity index (χ0v) is 18.1. The molecule has 0 bridgehead atoms. The summed E-state index contributed by atoms with van der Waals surface area (Å²) in [6, 6.07) is 20.2. The number of phenolic OH excluding ortho intramolecular Hbond substituents is 1. The van der Waals surface area contributed by atoms with E-state index < -0.39 is 17.7 Å². The number of carbonyl (C=O) groups excluding carboxylic acids is 2. The zero-order valence-electron chi connectivity index (χ0n) is 18.1. The van der Waals surface area contributed by atoms with Crippen LogP contribution in [0.1, 0.15) is 35.2 Å². The molecule has 2 aliphatic heterocycles. The number of aliphatic hydroxyl groups is 1. The van der Waals surface area contributed by atoms with Crippen molar-refractivity contribution >= 4 is 17.4 Å². The number of rotatable bonds is 4. The normalized spacial score (nSPS) is 21.2. The summed E-state index contributed by atoms with van der Waals surface area (Å²) in [5, 5.41) is 21.0. The Kier molecular flexibility index (Phi) is 5.13. The predicted molar refractivity (Wildman–Crippen MR) is 123 cm³/mol. The molecule has 0 spiro atoms. The Labute approximate surface area is 191 Å². The lowest BCUT2D eigenvalue weighted by Crippen LogP contribution is -2.29. The second kappa shape index (κ2) is 8.13. The average molecular weight is 441 g/mol. The van der Waals surface area contributed by atoms with Crippen LogP contribution < -0.4 is 4.74 Å². The molecule has 0 saturated carbocycles. The van der Waals surface area contributed by atoms with Gasteiger partial charge in [0, 0.05) is 18.5 Å². The van der Waals surface area contributed by atoms with Gasteiger partial charge in [0.2, 0.25) is 0 Å². The molecule has 0 aliphatic carbocycles. The minimum Gasteiger partial charge on any atom is -0.508 e. The molecule has 2 atom stereocenters. The van der Waals surface area contributed by atoms with Crippen LogP contribution in [-0.4, -0.2) is 32.9 Å².